The number of rotatable bonds is 4. The molecule has 0 unspecified atom stereocenters. The minimum Gasteiger partial charge on any atom is -0.409 e. The molecule has 16 heavy (non-hydrogen) atoms. The molecule has 0 aromatic heterocycles. The normalized spacial score (nSPS) is 20.2. The van der Waals surface area contributed by atoms with E-state index in [9.17, 15) is 8.42 Å². The molecule has 7 nitrogen and oxygen atoms in total. The molecule has 8 heteroatoms. The molecule has 0 spiro atoms. The van der Waals surface area contributed by atoms with Crippen LogP contribution in [0.1, 0.15) is 12.8 Å². The van der Waals surface area contributed by atoms with E-state index < -0.39 is 15.3 Å². The number of nitrogens with two attached hydrogens (primary N) is 1. The number of likely N-dealkylation sites (N-methyl/N-ethyl adjacent to an activating group) is 1. The van der Waals surface area contributed by atoms with E-state index in [1.54, 1.807) is 0 Å². The van der Waals surface area contributed by atoms with Crippen LogP contribution in [0.2, 0.25) is 0 Å². The first-order chi connectivity index (χ1) is 7.48. The molecule has 0 aromatic carbocycles. The molecule has 0 amide bonds. The third-order valence-electron chi connectivity index (χ3n) is 2.54. The lowest BCUT2D eigenvalue weighted by atomic mass is 10.2. The van der Waals surface area contributed by atoms with Gasteiger partial charge in [-0.2, -0.15) is 4.31 Å². The van der Waals surface area contributed by atoms with Crippen LogP contribution in [-0.4, -0.2) is 55.8 Å². The topological polar surface area (TPSA) is 105 Å². The van der Waals surface area contributed by atoms with Crippen molar-refractivity contribution in [2.24, 2.45) is 10.9 Å². The molecule has 0 bridgehead atoms. The number of hydrogen-bond acceptors (Lipinski definition) is 5. The predicted octanol–water partition coefficient (Wildman–Crippen LogP) is -0.827. The quantitative estimate of drug-likeness (QED) is 0.294. The highest BCUT2D eigenvalue weighted by Gasteiger charge is 2.31. The molecule has 1 rings (SSSR count). The van der Waals surface area contributed by atoms with E-state index in [0.717, 1.165) is 4.31 Å². The maximum atomic E-state index is 12.0. The second kappa shape index (κ2) is 5.46. The van der Waals surface area contributed by atoms with Crippen LogP contribution in [0.3, 0.4) is 0 Å². The molecule has 1 fully saturated rings. The van der Waals surface area contributed by atoms with Gasteiger partial charge in [-0.25, -0.2) is 8.42 Å². The van der Waals surface area contributed by atoms with Crippen LogP contribution in [0.25, 0.3) is 0 Å². The van der Waals surface area contributed by atoms with Crippen LogP contribution in [0, 0.1) is 0 Å². The van der Waals surface area contributed by atoms with Crippen LogP contribution in [0.4, 0.5) is 0 Å². The third-order valence-corrected chi connectivity index (χ3v) is 4.85. The molecule has 3 N–H and O–H groups in total. The molecule has 94 valence electrons. The summed E-state index contributed by atoms with van der Waals surface area (Å²) in [6, 6.07) is 0. The summed E-state index contributed by atoms with van der Waals surface area (Å²) in [5.41, 5.74) is 5.27. The summed E-state index contributed by atoms with van der Waals surface area (Å²) >= 11 is 0. The molecule has 0 aromatic rings. The lowest BCUT2D eigenvalue weighted by Crippen LogP contribution is -2.42. The largest absolute Gasteiger partial charge is 0.409 e. The van der Waals surface area contributed by atoms with Crippen molar-refractivity contribution in [2.75, 3.05) is 26.8 Å². The Balaban J connectivity index is 2.68. The first-order valence-corrected chi connectivity index (χ1v) is 6.48. The molecule has 0 saturated carbocycles. The highest BCUT2D eigenvalue weighted by atomic mass is 32.2. The van der Waals surface area contributed by atoms with E-state index in [0.29, 0.717) is 26.1 Å². The minimum absolute atomic E-state index is 0.101. The molecule has 1 aliphatic heterocycles. The van der Waals surface area contributed by atoms with Gasteiger partial charge in [0.1, 0.15) is 0 Å². The van der Waals surface area contributed by atoms with Crippen molar-refractivity contribution in [1.82, 2.24) is 4.31 Å². The van der Waals surface area contributed by atoms with Gasteiger partial charge in [0.25, 0.3) is 0 Å². The lowest BCUT2D eigenvalue weighted by molar-refractivity contribution is 0.0975. The summed E-state index contributed by atoms with van der Waals surface area (Å²) in [5, 5.41) is 10.7. The zero-order chi connectivity index (χ0) is 12.2. The van der Waals surface area contributed by atoms with E-state index in [-0.39, 0.29) is 12.4 Å². The van der Waals surface area contributed by atoms with Crippen molar-refractivity contribution < 1.29 is 18.4 Å². The summed E-state index contributed by atoms with van der Waals surface area (Å²) in [6.07, 6.45) is 0.978. The molecule has 1 aliphatic rings. The van der Waals surface area contributed by atoms with E-state index in [1.807, 2.05) is 0 Å². The number of oxime groups is 1. The predicted molar refractivity (Wildman–Crippen MR) is 58.8 cm³/mol. The zero-order valence-electron chi connectivity index (χ0n) is 9.16. The van der Waals surface area contributed by atoms with Gasteiger partial charge < -0.3 is 15.7 Å². The SMILES string of the molecule is CN(CC(N)=NO)S(=O)(=O)C1CCOCC1. The highest BCUT2D eigenvalue weighted by molar-refractivity contribution is 7.89. The first-order valence-electron chi connectivity index (χ1n) is 4.97. The van der Waals surface area contributed by atoms with Crippen molar-refractivity contribution in [3.63, 3.8) is 0 Å². The zero-order valence-corrected chi connectivity index (χ0v) is 9.98. The molecule has 1 saturated heterocycles. The first kappa shape index (κ1) is 13.2. The Kier molecular flexibility index (Phi) is 4.51. The number of ether oxygens (including phenoxy) is 1. The van der Waals surface area contributed by atoms with Gasteiger partial charge in [0.05, 0.1) is 11.8 Å². The Labute approximate surface area is 94.9 Å². The Bertz CT molecular complexity index is 348. The number of sulfonamides is 1. The monoisotopic (exact) mass is 251 g/mol. The average molecular weight is 251 g/mol. The smallest absolute Gasteiger partial charge is 0.217 e. The Hall–Kier alpha value is -0.860. The standard InChI is InChI=1S/C8H17N3O4S/c1-11(6-8(9)10-12)16(13,14)7-2-4-15-5-3-7/h7,12H,2-6H2,1H3,(H2,9,10). The second-order valence-electron chi connectivity index (χ2n) is 3.70. The molecule has 0 aliphatic carbocycles. The van der Waals surface area contributed by atoms with Crippen LogP contribution < -0.4 is 5.73 Å². The fourth-order valence-corrected chi connectivity index (χ4v) is 3.19. The Morgan fingerprint density at radius 2 is 2.12 bits per heavy atom. The van der Waals surface area contributed by atoms with Gasteiger partial charge in [-0.05, 0) is 12.8 Å². The van der Waals surface area contributed by atoms with Gasteiger partial charge in [0.2, 0.25) is 10.0 Å². The van der Waals surface area contributed by atoms with E-state index in [2.05, 4.69) is 5.16 Å². The Morgan fingerprint density at radius 1 is 1.56 bits per heavy atom. The maximum Gasteiger partial charge on any atom is 0.217 e. The van der Waals surface area contributed by atoms with Gasteiger partial charge in [-0.1, -0.05) is 5.16 Å². The highest BCUT2D eigenvalue weighted by Crippen LogP contribution is 2.18. The van der Waals surface area contributed by atoms with Crippen LogP contribution in [0.5, 0.6) is 0 Å². The number of nitrogens with zero attached hydrogens (tertiary/aromatic N) is 2. The summed E-state index contributed by atoms with van der Waals surface area (Å²) < 4.78 is 30.2. The second-order valence-corrected chi connectivity index (χ2v) is 6.02. The van der Waals surface area contributed by atoms with E-state index in [1.165, 1.54) is 7.05 Å². The summed E-state index contributed by atoms with van der Waals surface area (Å²) in [5.74, 6) is -0.127. The van der Waals surface area contributed by atoms with Gasteiger partial charge in [0, 0.05) is 20.3 Å². The number of amidine groups is 1. The number of hydrogen-bond donors (Lipinski definition) is 2. The lowest BCUT2D eigenvalue weighted by Gasteiger charge is -2.26. The minimum atomic E-state index is -3.39. The van der Waals surface area contributed by atoms with Gasteiger partial charge in [0.15, 0.2) is 5.84 Å². The summed E-state index contributed by atoms with van der Waals surface area (Å²) in [6.45, 7) is 0.818. The van der Waals surface area contributed by atoms with Crippen LogP contribution in [-0.2, 0) is 14.8 Å². The fraction of sp³-hybridized carbons (Fsp3) is 0.875. The van der Waals surface area contributed by atoms with Gasteiger partial charge in [-0.15, -0.1) is 0 Å². The van der Waals surface area contributed by atoms with Crippen molar-refractivity contribution in [3.8, 4) is 0 Å². The maximum absolute atomic E-state index is 12.0. The van der Waals surface area contributed by atoms with Crippen molar-refractivity contribution in [2.45, 2.75) is 18.1 Å². The molecule has 0 radical (unpaired) electrons. The summed E-state index contributed by atoms with van der Waals surface area (Å²) in [4.78, 5) is 0. The van der Waals surface area contributed by atoms with E-state index in [4.69, 9.17) is 15.7 Å². The van der Waals surface area contributed by atoms with Crippen molar-refractivity contribution in [3.05, 3.63) is 0 Å². The van der Waals surface area contributed by atoms with Crippen molar-refractivity contribution in [1.29, 1.82) is 0 Å². The van der Waals surface area contributed by atoms with Crippen molar-refractivity contribution >= 4 is 15.9 Å². The fourth-order valence-electron chi connectivity index (χ4n) is 1.58. The molecular formula is C8H17N3O4S. The van der Waals surface area contributed by atoms with E-state index >= 15 is 0 Å². The summed E-state index contributed by atoms with van der Waals surface area (Å²) in [7, 11) is -1.97. The Morgan fingerprint density at radius 3 is 2.62 bits per heavy atom. The third kappa shape index (κ3) is 3.06. The average Bonchev–Trinajstić information content (AvgIpc) is 2.29. The van der Waals surface area contributed by atoms with Gasteiger partial charge >= 0.3 is 0 Å². The van der Waals surface area contributed by atoms with Crippen LogP contribution >= 0.6 is 0 Å². The molecule has 0 atom stereocenters. The van der Waals surface area contributed by atoms with Gasteiger partial charge in [-0.3, -0.25) is 0 Å². The molecular weight excluding hydrogens is 234 g/mol. The molecule has 1 heterocycles. The van der Waals surface area contributed by atoms with Crippen LogP contribution in [0.15, 0.2) is 5.16 Å².